The van der Waals surface area contributed by atoms with Gasteiger partial charge in [-0.2, -0.15) is 0 Å². The van der Waals surface area contributed by atoms with E-state index in [9.17, 15) is 0 Å². The predicted octanol–water partition coefficient (Wildman–Crippen LogP) is 4.00. The number of halogens is 1. The summed E-state index contributed by atoms with van der Waals surface area (Å²) in [5.74, 6) is 2.54. The minimum absolute atomic E-state index is 0. The fourth-order valence-corrected chi connectivity index (χ4v) is 3.36. The number of methoxy groups -OCH3 is 1. The number of rotatable bonds is 9. The zero-order chi connectivity index (χ0) is 18.8. The van der Waals surface area contributed by atoms with Gasteiger partial charge in [-0.25, -0.2) is 0 Å². The number of allylic oxidation sites excluding steroid dienone is 1. The zero-order valence-electron chi connectivity index (χ0n) is 17.0. The SMILES string of the molecule is C=CCCCN(C)C(=NCC1CCN(c2ccccc2OC)C1)NCC.I. The first-order valence-electron chi connectivity index (χ1n) is 9.67. The van der Waals surface area contributed by atoms with Gasteiger partial charge in [0.15, 0.2) is 5.96 Å². The Kier molecular flexibility index (Phi) is 11.2. The van der Waals surface area contributed by atoms with E-state index >= 15 is 0 Å². The number of aliphatic imine (C=N–C) groups is 1. The first kappa shape index (κ1) is 23.6. The van der Waals surface area contributed by atoms with Gasteiger partial charge in [-0.3, -0.25) is 4.99 Å². The number of anilines is 1. The molecule has 0 amide bonds. The van der Waals surface area contributed by atoms with E-state index in [-0.39, 0.29) is 24.0 Å². The van der Waals surface area contributed by atoms with E-state index in [1.54, 1.807) is 7.11 Å². The quantitative estimate of drug-likeness (QED) is 0.188. The molecule has 1 fully saturated rings. The van der Waals surface area contributed by atoms with E-state index in [0.29, 0.717) is 5.92 Å². The van der Waals surface area contributed by atoms with Crippen LogP contribution >= 0.6 is 24.0 Å². The normalized spacial score (nSPS) is 16.6. The summed E-state index contributed by atoms with van der Waals surface area (Å²) in [4.78, 5) is 9.53. The van der Waals surface area contributed by atoms with Gasteiger partial charge in [0.25, 0.3) is 0 Å². The summed E-state index contributed by atoms with van der Waals surface area (Å²) in [7, 11) is 3.85. The molecule has 1 aromatic carbocycles. The third-order valence-corrected chi connectivity index (χ3v) is 4.81. The molecule has 0 aromatic heterocycles. The second-order valence-corrected chi connectivity index (χ2v) is 6.82. The smallest absolute Gasteiger partial charge is 0.193 e. The van der Waals surface area contributed by atoms with Crippen molar-refractivity contribution in [1.82, 2.24) is 10.2 Å². The molecule has 0 bridgehead atoms. The van der Waals surface area contributed by atoms with Crippen molar-refractivity contribution in [3.63, 3.8) is 0 Å². The summed E-state index contributed by atoms with van der Waals surface area (Å²) >= 11 is 0. The summed E-state index contributed by atoms with van der Waals surface area (Å²) in [5, 5.41) is 3.41. The number of nitrogens with zero attached hydrogens (tertiary/aromatic N) is 3. The number of ether oxygens (including phenoxy) is 1. The minimum Gasteiger partial charge on any atom is -0.495 e. The van der Waals surface area contributed by atoms with Crippen molar-refractivity contribution in [2.45, 2.75) is 26.2 Å². The van der Waals surface area contributed by atoms with Crippen molar-refractivity contribution >= 4 is 35.6 Å². The topological polar surface area (TPSA) is 40.1 Å². The Balaban J connectivity index is 0.00000364. The number of nitrogens with one attached hydrogen (secondary N) is 1. The van der Waals surface area contributed by atoms with Gasteiger partial charge in [0.05, 0.1) is 12.8 Å². The Morgan fingerprint density at radius 1 is 1.44 bits per heavy atom. The molecule has 1 aliphatic heterocycles. The standard InChI is InChI=1S/C21H34N4O.HI/c1-5-7-10-14-24(3)21(22-6-2)23-16-18-13-15-25(17-18)19-11-8-9-12-20(19)26-4;/h5,8-9,11-12,18H,1,6-7,10,13-17H2,2-4H3,(H,22,23);1H. The van der Waals surface area contributed by atoms with Crippen LogP contribution in [0.1, 0.15) is 26.2 Å². The Hall–Kier alpha value is -1.44. The third-order valence-electron chi connectivity index (χ3n) is 4.81. The Bertz CT molecular complexity index is 593. The molecule has 1 saturated heterocycles. The van der Waals surface area contributed by atoms with E-state index in [1.807, 2.05) is 18.2 Å². The van der Waals surface area contributed by atoms with Crippen LogP contribution in [0.2, 0.25) is 0 Å². The molecule has 2 rings (SSSR count). The maximum atomic E-state index is 5.51. The highest BCUT2D eigenvalue weighted by molar-refractivity contribution is 14.0. The van der Waals surface area contributed by atoms with E-state index in [0.717, 1.165) is 57.3 Å². The van der Waals surface area contributed by atoms with Gasteiger partial charge in [0, 0.05) is 39.8 Å². The Morgan fingerprint density at radius 3 is 2.93 bits per heavy atom. The number of benzene rings is 1. The van der Waals surface area contributed by atoms with Gasteiger partial charge < -0.3 is 19.9 Å². The van der Waals surface area contributed by atoms with Crippen LogP contribution in [0, 0.1) is 5.92 Å². The molecular formula is C21H35IN4O. The van der Waals surface area contributed by atoms with Crippen LogP contribution in [0.15, 0.2) is 41.9 Å². The lowest BCUT2D eigenvalue weighted by Crippen LogP contribution is -2.39. The number of para-hydroxylation sites is 2. The van der Waals surface area contributed by atoms with Crippen molar-refractivity contribution in [1.29, 1.82) is 0 Å². The fourth-order valence-electron chi connectivity index (χ4n) is 3.36. The maximum absolute atomic E-state index is 5.51. The number of hydrogen-bond acceptors (Lipinski definition) is 3. The lowest BCUT2D eigenvalue weighted by molar-refractivity contribution is 0.414. The molecule has 27 heavy (non-hydrogen) atoms. The predicted molar refractivity (Wildman–Crippen MR) is 127 cm³/mol. The summed E-state index contributed by atoms with van der Waals surface area (Å²) in [6, 6.07) is 8.26. The lowest BCUT2D eigenvalue weighted by atomic mass is 10.1. The van der Waals surface area contributed by atoms with Crippen molar-refractivity contribution < 1.29 is 4.74 Å². The largest absolute Gasteiger partial charge is 0.495 e. The van der Waals surface area contributed by atoms with E-state index < -0.39 is 0 Å². The average molecular weight is 486 g/mol. The molecule has 1 aliphatic rings. The maximum Gasteiger partial charge on any atom is 0.193 e. The first-order chi connectivity index (χ1) is 12.7. The molecule has 0 saturated carbocycles. The zero-order valence-corrected chi connectivity index (χ0v) is 19.3. The van der Waals surface area contributed by atoms with Crippen molar-refractivity contribution in [2.24, 2.45) is 10.9 Å². The molecule has 0 aliphatic carbocycles. The highest BCUT2D eigenvalue weighted by Gasteiger charge is 2.24. The van der Waals surface area contributed by atoms with E-state index in [4.69, 9.17) is 9.73 Å². The van der Waals surface area contributed by atoms with E-state index in [2.05, 4.69) is 47.8 Å². The molecule has 1 heterocycles. The van der Waals surface area contributed by atoms with Crippen LogP contribution in [0.3, 0.4) is 0 Å². The summed E-state index contributed by atoms with van der Waals surface area (Å²) < 4.78 is 5.51. The number of guanidine groups is 1. The van der Waals surface area contributed by atoms with Gasteiger partial charge >= 0.3 is 0 Å². The highest BCUT2D eigenvalue weighted by atomic mass is 127. The molecule has 1 unspecified atom stereocenters. The van der Waals surface area contributed by atoms with Gasteiger partial charge in [-0.05, 0) is 44.2 Å². The van der Waals surface area contributed by atoms with Gasteiger partial charge in [-0.15, -0.1) is 30.6 Å². The van der Waals surface area contributed by atoms with Gasteiger partial charge in [-0.1, -0.05) is 18.2 Å². The van der Waals surface area contributed by atoms with Crippen LogP contribution in [0.25, 0.3) is 0 Å². The molecule has 0 spiro atoms. The number of hydrogen-bond donors (Lipinski definition) is 1. The summed E-state index contributed by atoms with van der Waals surface area (Å²) in [5.41, 5.74) is 1.19. The van der Waals surface area contributed by atoms with Crippen LogP contribution in [0.4, 0.5) is 5.69 Å². The van der Waals surface area contributed by atoms with E-state index in [1.165, 1.54) is 12.1 Å². The van der Waals surface area contributed by atoms with Crippen molar-refractivity contribution in [3.05, 3.63) is 36.9 Å². The third kappa shape index (κ3) is 7.24. The van der Waals surface area contributed by atoms with Crippen LogP contribution in [-0.4, -0.2) is 57.7 Å². The molecule has 6 heteroatoms. The summed E-state index contributed by atoms with van der Waals surface area (Å²) in [6.45, 7) is 10.8. The molecule has 152 valence electrons. The van der Waals surface area contributed by atoms with Crippen LogP contribution in [0.5, 0.6) is 5.75 Å². The van der Waals surface area contributed by atoms with Crippen LogP contribution in [-0.2, 0) is 0 Å². The molecular weight excluding hydrogens is 451 g/mol. The lowest BCUT2D eigenvalue weighted by Gasteiger charge is -2.23. The van der Waals surface area contributed by atoms with Crippen molar-refractivity contribution in [2.75, 3.05) is 51.8 Å². The van der Waals surface area contributed by atoms with Crippen LogP contribution < -0.4 is 15.0 Å². The van der Waals surface area contributed by atoms with Gasteiger partial charge in [0.2, 0.25) is 0 Å². The first-order valence-corrected chi connectivity index (χ1v) is 9.67. The number of unbranched alkanes of at least 4 members (excludes halogenated alkanes) is 1. The summed E-state index contributed by atoms with van der Waals surface area (Å²) in [6.07, 6.45) is 5.29. The minimum atomic E-state index is 0. The Morgan fingerprint density at radius 2 is 2.22 bits per heavy atom. The molecule has 1 N–H and O–H groups in total. The Labute approximate surface area is 181 Å². The van der Waals surface area contributed by atoms with Crippen molar-refractivity contribution in [3.8, 4) is 5.75 Å². The fraction of sp³-hybridized carbons (Fsp3) is 0.571. The monoisotopic (exact) mass is 486 g/mol. The second kappa shape index (κ2) is 12.9. The molecule has 5 nitrogen and oxygen atoms in total. The molecule has 0 radical (unpaired) electrons. The average Bonchev–Trinajstić information content (AvgIpc) is 3.14. The molecule has 1 aromatic rings. The second-order valence-electron chi connectivity index (χ2n) is 6.82. The van der Waals surface area contributed by atoms with Gasteiger partial charge in [0.1, 0.15) is 5.75 Å². The highest BCUT2D eigenvalue weighted by Crippen LogP contribution is 2.31. The molecule has 1 atom stereocenters.